The molecule has 0 unspecified atom stereocenters. The minimum absolute atomic E-state index is 0.0413. The zero-order chi connectivity index (χ0) is 21.5. The van der Waals surface area contributed by atoms with Crippen LogP contribution in [0.4, 0.5) is 14.5 Å². The lowest BCUT2D eigenvalue weighted by Crippen LogP contribution is -2.32. The fourth-order valence-electron chi connectivity index (χ4n) is 3.53. The summed E-state index contributed by atoms with van der Waals surface area (Å²) >= 11 is 5.87. The molecule has 1 fully saturated rings. The lowest BCUT2D eigenvalue weighted by Gasteiger charge is -2.21. The minimum Gasteiger partial charge on any atom is -0.380 e. The number of halogens is 3. The topological polar surface area (TPSA) is 80.1 Å². The Balaban J connectivity index is 1.66. The standard InChI is InChI=1S/C19H18ClF2N5O2S/c1-26-11-19(24-25-26)30(28,29)27-9-15(12-2-4-13(21)5-3-12)18(10-27)23-14-6-7-17(22)16(20)8-14/h2-8,11,15,18,23H,9-10H2,1H3/t15-,18+/m1/s1. The normalized spacial score (nSPS) is 19.9. The molecule has 1 aliphatic rings. The SMILES string of the molecule is Cn1cc(S(=O)(=O)N2C[C@H](Nc3ccc(F)c(Cl)c3)[C@@H](c3ccc(F)cc3)C2)nn1. The highest BCUT2D eigenvalue weighted by molar-refractivity contribution is 7.89. The van der Waals surface area contributed by atoms with Crippen LogP contribution in [0, 0.1) is 11.6 Å². The quantitative estimate of drug-likeness (QED) is 0.642. The molecule has 0 radical (unpaired) electrons. The zero-order valence-corrected chi connectivity index (χ0v) is 17.4. The summed E-state index contributed by atoms with van der Waals surface area (Å²) in [7, 11) is -2.28. The van der Waals surface area contributed by atoms with Crippen molar-refractivity contribution in [3.05, 3.63) is 70.9 Å². The van der Waals surface area contributed by atoms with E-state index in [1.54, 1.807) is 19.2 Å². The second-order valence-corrected chi connectivity index (χ2v) is 9.38. The van der Waals surface area contributed by atoms with E-state index in [0.29, 0.717) is 5.69 Å². The van der Waals surface area contributed by atoms with Crippen LogP contribution in [0.3, 0.4) is 0 Å². The zero-order valence-electron chi connectivity index (χ0n) is 15.8. The third-order valence-corrected chi connectivity index (χ3v) is 7.03. The van der Waals surface area contributed by atoms with E-state index in [1.165, 1.54) is 45.5 Å². The Bertz CT molecular complexity index is 1170. The summed E-state index contributed by atoms with van der Waals surface area (Å²) in [6.07, 6.45) is 1.34. The van der Waals surface area contributed by atoms with Crippen LogP contribution >= 0.6 is 11.6 Å². The molecule has 1 aromatic heterocycles. The molecule has 0 spiro atoms. The van der Waals surface area contributed by atoms with Gasteiger partial charge in [0.15, 0.2) is 0 Å². The van der Waals surface area contributed by atoms with Gasteiger partial charge in [-0.1, -0.05) is 28.9 Å². The van der Waals surface area contributed by atoms with E-state index in [0.717, 1.165) is 5.56 Å². The molecule has 11 heteroatoms. The van der Waals surface area contributed by atoms with Crippen molar-refractivity contribution in [1.82, 2.24) is 19.3 Å². The molecule has 158 valence electrons. The number of sulfonamides is 1. The van der Waals surface area contributed by atoms with Crippen LogP contribution in [0.15, 0.2) is 53.7 Å². The molecular formula is C19H18ClF2N5O2S. The largest absolute Gasteiger partial charge is 0.380 e. The van der Waals surface area contributed by atoms with Gasteiger partial charge in [-0.2, -0.15) is 4.31 Å². The minimum atomic E-state index is -3.87. The lowest BCUT2D eigenvalue weighted by molar-refractivity contribution is 0.468. The molecule has 0 aliphatic carbocycles. The van der Waals surface area contributed by atoms with Gasteiger partial charge in [0.25, 0.3) is 10.0 Å². The van der Waals surface area contributed by atoms with Crippen molar-refractivity contribution in [1.29, 1.82) is 0 Å². The summed E-state index contributed by atoms with van der Waals surface area (Å²) < 4.78 is 55.6. The number of hydrogen-bond acceptors (Lipinski definition) is 5. The number of rotatable bonds is 5. The number of aryl methyl sites for hydroxylation is 1. The maximum Gasteiger partial charge on any atom is 0.264 e. The fourth-order valence-corrected chi connectivity index (χ4v) is 5.12. The van der Waals surface area contributed by atoms with Gasteiger partial charge in [0.05, 0.1) is 11.2 Å². The van der Waals surface area contributed by atoms with Crippen molar-refractivity contribution in [2.45, 2.75) is 17.0 Å². The van der Waals surface area contributed by atoms with Crippen LogP contribution in [0.25, 0.3) is 0 Å². The molecule has 30 heavy (non-hydrogen) atoms. The monoisotopic (exact) mass is 453 g/mol. The number of anilines is 1. The van der Waals surface area contributed by atoms with Crippen LogP contribution in [0.5, 0.6) is 0 Å². The second-order valence-electron chi connectivity index (χ2n) is 7.09. The highest BCUT2D eigenvalue weighted by atomic mass is 35.5. The Morgan fingerprint density at radius 2 is 1.87 bits per heavy atom. The molecule has 0 bridgehead atoms. The van der Waals surface area contributed by atoms with Gasteiger partial charge >= 0.3 is 0 Å². The number of hydrogen-bond donors (Lipinski definition) is 1. The Kier molecular flexibility index (Phi) is 5.48. The molecular weight excluding hydrogens is 436 g/mol. The van der Waals surface area contributed by atoms with Gasteiger partial charge in [0.2, 0.25) is 5.03 Å². The molecule has 0 saturated carbocycles. The maximum atomic E-state index is 13.5. The van der Waals surface area contributed by atoms with E-state index < -0.39 is 15.8 Å². The summed E-state index contributed by atoms with van der Waals surface area (Å²) in [6, 6.07) is 9.78. The molecule has 1 aliphatic heterocycles. The van der Waals surface area contributed by atoms with Crippen molar-refractivity contribution in [3.8, 4) is 0 Å². The van der Waals surface area contributed by atoms with Crippen molar-refractivity contribution >= 4 is 27.3 Å². The van der Waals surface area contributed by atoms with Crippen molar-refractivity contribution in [3.63, 3.8) is 0 Å². The number of nitrogens with zero attached hydrogens (tertiary/aromatic N) is 4. The van der Waals surface area contributed by atoms with Crippen LogP contribution in [0.2, 0.25) is 5.02 Å². The molecule has 1 saturated heterocycles. The third kappa shape index (κ3) is 4.03. The average Bonchev–Trinajstić information content (AvgIpc) is 3.33. The van der Waals surface area contributed by atoms with E-state index in [4.69, 9.17) is 11.6 Å². The molecule has 0 amide bonds. The average molecular weight is 454 g/mol. The second kappa shape index (κ2) is 7.93. The summed E-state index contributed by atoms with van der Waals surface area (Å²) in [6.45, 7) is 0.299. The van der Waals surface area contributed by atoms with Crippen LogP contribution < -0.4 is 5.32 Å². The van der Waals surface area contributed by atoms with Crippen molar-refractivity contribution in [2.75, 3.05) is 18.4 Å². The molecule has 4 rings (SSSR count). The summed E-state index contributed by atoms with van der Waals surface area (Å²) in [4.78, 5) is 0. The lowest BCUT2D eigenvalue weighted by atomic mass is 9.94. The molecule has 2 aromatic carbocycles. The first-order valence-corrected chi connectivity index (χ1v) is 10.9. The van der Waals surface area contributed by atoms with Gasteiger partial charge in [-0.05, 0) is 35.9 Å². The molecule has 2 atom stereocenters. The number of nitrogens with one attached hydrogen (secondary N) is 1. The Morgan fingerprint density at radius 1 is 1.13 bits per heavy atom. The summed E-state index contributed by atoms with van der Waals surface area (Å²) in [5.74, 6) is -1.20. The first-order valence-electron chi connectivity index (χ1n) is 9.07. The smallest absolute Gasteiger partial charge is 0.264 e. The van der Waals surface area contributed by atoms with E-state index in [2.05, 4.69) is 15.6 Å². The van der Waals surface area contributed by atoms with Gasteiger partial charge in [-0.25, -0.2) is 17.2 Å². The first-order chi connectivity index (χ1) is 14.2. The van der Waals surface area contributed by atoms with Gasteiger partial charge < -0.3 is 5.32 Å². The predicted molar refractivity (Wildman–Crippen MR) is 108 cm³/mol. The van der Waals surface area contributed by atoms with Gasteiger partial charge in [0.1, 0.15) is 11.6 Å². The van der Waals surface area contributed by atoms with E-state index in [1.807, 2.05) is 0 Å². The molecule has 1 N–H and O–H groups in total. The fraction of sp³-hybridized carbons (Fsp3) is 0.263. The van der Waals surface area contributed by atoms with Crippen LogP contribution in [-0.4, -0.2) is 46.8 Å². The van der Waals surface area contributed by atoms with E-state index in [-0.39, 0.29) is 40.9 Å². The van der Waals surface area contributed by atoms with Crippen LogP contribution in [-0.2, 0) is 17.1 Å². The van der Waals surface area contributed by atoms with E-state index in [9.17, 15) is 17.2 Å². The molecule has 3 aromatic rings. The highest BCUT2D eigenvalue weighted by Gasteiger charge is 2.41. The Labute approximate surface area is 177 Å². The third-order valence-electron chi connectivity index (χ3n) is 5.04. The van der Waals surface area contributed by atoms with Crippen molar-refractivity contribution < 1.29 is 17.2 Å². The number of aromatic nitrogens is 3. The predicted octanol–water partition coefficient (Wildman–Crippen LogP) is 3.02. The highest BCUT2D eigenvalue weighted by Crippen LogP contribution is 2.33. The van der Waals surface area contributed by atoms with Gasteiger partial charge in [0, 0.05) is 37.8 Å². The Morgan fingerprint density at radius 3 is 2.50 bits per heavy atom. The van der Waals surface area contributed by atoms with Crippen LogP contribution in [0.1, 0.15) is 11.5 Å². The van der Waals surface area contributed by atoms with Gasteiger partial charge in [-0.15, -0.1) is 5.10 Å². The van der Waals surface area contributed by atoms with E-state index >= 15 is 0 Å². The summed E-state index contributed by atoms with van der Waals surface area (Å²) in [5, 5.41) is 10.5. The molecule has 2 heterocycles. The van der Waals surface area contributed by atoms with Crippen molar-refractivity contribution in [2.24, 2.45) is 7.05 Å². The summed E-state index contributed by atoms with van der Waals surface area (Å²) in [5.41, 5.74) is 1.33. The maximum absolute atomic E-state index is 13.5. The first kappa shape index (κ1) is 20.7. The molecule has 7 nitrogen and oxygen atoms in total. The number of benzene rings is 2. The Hall–Kier alpha value is -2.56. The van der Waals surface area contributed by atoms with Gasteiger partial charge in [-0.3, -0.25) is 4.68 Å².